The van der Waals surface area contributed by atoms with Crippen molar-refractivity contribution in [3.63, 3.8) is 0 Å². The molecule has 1 fully saturated rings. The summed E-state index contributed by atoms with van der Waals surface area (Å²) in [4.78, 5) is 11.4. The number of primary amides is 1. The highest BCUT2D eigenvalue weighted by molar-refractivity contribution is 5.79. The van der Waals surface area contributed by atoms with Gasteiger partial charge in [0.05, 0.1) is 11.7 Å². The summed E-state index contributed by atoms with van der Waals surface area (Å²) < 4.78 is 2.02. The van der Waals surface area contributed by atoms with Crippen molar-refractivity contribution in [2.75, 3.05) is 0 Å². The second-order valence-corrected chi connectivity index (χ2v) is 5.24. The zero-order valence-corrected chi connectivity index (χ0v) is 11.9. The van der Waals surface area contributed by atoms with Gasteiger partial charge in [0.1, 0.15) is 0 Å². The molecule has 106 valence electrons. The summed E-state index contributed by atoms with van der Waals surface area (Å²) in [6, 6.07) is 2.41. The number of rotatable bonds is 8. The molecule has 3 N–H and O–H groups in total. The first-order valence-corrected chi connectivity index (χ1v) is 7.25. The molecule has 1 saturated carbocycles. The molecule has 1 aromatic heterocycles. The first-order chi connectivity index (χ1) is 9.13. The van der Waals surface area contributed by atoms with Gasteiger partial charge in [-0.05, 0) is 38.2 Å². The molecule has 19 heavy (non-hydrogen) atoms. The molecule has 0 aliphatic heterocycles. The van der Waals surface area contributed by atoms with Gasteiger partial charge >= 0.3 is 0 Å². The monoisotopic (exact) mass is 264 g/mol. The highest BCUT2D eigenvalue weighted by Crippen LogP contribution is 2.20. The molecular formula is C14H24N4O. The fourth-order valence-electron chi connectivity index (χ4n) is 2.26. The molecule has 1 aromatic rings. The van der Waals surface area contributed by atoms with E-state index in [0.29, 0.717) is 12.5 Å². The van der Waals surface area contributed by atoms with Crippen LogP contribution in [0.1, 0.15) is 44.5 Å². The van der Waals surface area contributed by atoms with Gasteiger partial charge in [0.25, 0.3) is 0 Å². The Morgan fingerprint density at radius 1 is 1.53 bits per heavy atom. The van der Waals surface area contributed by atoms with Crippen LogP contribution in [-0.2, 0) is 24.2 Å². The number of nitrogens with two attached hydrogens (primary N) is 1. The molecule has 5 nitrogen and oxygen atoms in total. The van der Waals surface area contributed by atoms with E-state index in [4.69, 9.17) is 5.73 Å². The number of nitrogens with one attached hydrogen (secondary N) is 1. The molecule has 2 rings (SSSR count). The molecule has 1 aliphatic rings. The molecule has 1 heterocycles. The maximum atomic E-state index is 11.4. The fourth-order valence-corrected chi connectivity index (χ4v) is 2.26. The Kier molecular flexibility index (Phi) is 4.58. The van der Waals surface area contributed by atoms with Crippen molar-refractivity contribution in [2.45, 2.75) is 64.6 Å². The van der Waals surface area contributed by atoms with Gasteiger partial charge in [0.2, 0.25) is 5.91 Å². The molecule has 0 saturated heterocycles. The molecule has 1 aliphatic carbocycles. The Labute approximate surface area is 114 Å². The van der Waals surface area contributed by atoms with E-state index in [-0.39, 0.29) is 11.9 Å². The zero-order chi connectivity index (χ0) is 13.8. The highest BCUT2D eigenvalue weighted by atomic mass is 16.1. The molecule has 0 radical (unpaired) electrons. The van der Waals surface area contributed by atoms with Crippen molar-refractivity contribution in [3.8, 4) is 0 Å². The second kappa shape index (κ2) is 6.19. The van der Waals surface area contributed by atoms with Crippen LogP contribution in [0.5, 0.6) is 0 Å². The minimum absolute atomic E-state index is 0.230. The summed E-state index contributed by atoms with van der Waals surface area (Å²) in [5.41, 5.74) is 7.79. The van der Waals surface area contributed by atoms with E-state index in [9.17, 15) is 4.79 Å². The summed E-state index contributed by atoms with van der Waals surface area (Å²) in [6.45, 7) is 4.98. The number of amides is 1. The molecule has 0 bridgehead atoms. The smallest absolute Gasteiger partial charge is 0.234 e. The Morgan fingerprint density at radius 3 is 2.79 bits per heavy atom. The van der Waals surface area contributed by atoms with E-state index in [1.165, 1.54) is 5.69 Å². The van der Waals surface area contributed by atoms with Gasteiger partial charge in [0.15, 0.2) is 0 Å². The minimum Gasteiger partial charge on any atom is -0.368 e. The minimum atomic E-state index is -0.257. The zero-order valence-electron chi connectivity index (χ0n) is 11.9. The number of carbonyl (C=O) groups is 1. The number of carbonyl (C=O) groups excluding carboxylic acids is 1. The van der Waals surface area contributed by atoms with Gasteiger partial charge < -0.3 is 11.1 Å². The Balaban J connectivity index is 1.95. The third-order valence-corrected chi connectivity index (χ3v) is 3.63. The third kappa shape index (κ3) is 3.80. The van der Waals surface area contributed by atoms with Gasteiger partial charge in [-0.15, -0.1) is 0 Å². The van der Waals surface area contributed by atoms with Gasteiger partial charge in [-0.1, -0.05) is 13.8 Å². The molecule has 1 atom stereocenters. The van der Waals surface area contributed by atoms with Crippen LogP contribution in [-0.4, -0.2) is 27.8 Å². The van der Waals surface area contributed by atoms with Crippen LogP contribution in [0.15, 0.2) is 6.07 Å². The van der Waals surface area contributed by atoms with Gasteiger partial charge in [0, 0.05) is 18.3 Å². The van der Waals surface area contributed by atoms with Crippen LogP contribution in [0.3, 0.4) is 0 Å². The number of aryl methyl sites for hydroxylation is 3. The SMILES string of the molecule is CCc1cc(CC)n(CCC(NC2CC2)C(N)=O)n1. The van der Waals surface area contributed by atoms with Gasteiger partial charge in [-0.3, -0.25) is 9.48 Å². The number of hydrogen-bond acceptors (Lipinski definition) is 3. The Bertz CT molecular complexity index is 437. The Morgan fingerprint density at radius 2 is 2.26 bits per heavy atom. The van der Waals surface area contributed by atoms with E-state index in [0.717, 1.165) is 37.9 Å². The first kappa shape index (κ1) is 14.1. The lowest BCUT2D eigenvalue weighted by Gasteiger charge is -2.15. The summed E-state index contributed by atoms with van der Waals surface area (Å²) in [5, 5.41) is 7.87. The lowest BCUT2D eigenvalue weighted by atomic mass is 10.2. The topological polar surface area (TPSA) is 72.9 Å². The van der Waals surface area contributed by atoms with Crippen molar-refractivity contribution in [2.24, 2.45) is 5.73 Å². The van der Waals surface area contributed by atoms with Crippen molar-refractivity contribution in [1.82, 2.24) is 15.1 Å². The van der Waals surface area contributed by atoms with E-state index in [2.05, 4.69) is 30.3 Å². The largest absolute Gasteiger partial charge is 0.368 e. The summed E-state index contributed by atoms with van der Waals surface area (Å²) in [5.74, 6) is -0.257. The average molecular weight is 264 g/mol. The summed E-state index contributed by atoms with van der Waals surface area (Å²) in [6.07, 6.45) is 4.94. The van der Waals surface area contributed by atoms with Crippen LogP contribution in [0.2, 0.25) is 0 Å². The molecule has 1 unspecified atom stereocenters. The molecule has 1 amide bonds. The number of hydrogen-bond donors (Lipinski definition) is 2. The van der Waals surface area contributed by atoms with Gasteiger partial charge in [-0.2, -0.15) is 5.10 Å². The molecule has 5 heteroatoms. The lowest BCUT2D eigenvalue weighted by Crippen LogP contribution is -2.43. The Hall–Kier alpha value is -1.36. The van der Waals surface area contributed by atoms with Crippen molar-refractivity contribution >= 4 is 5.91 Å². The van der Waals surface area contributed by atoms with Crippen molar-refractivity contribution in [3.05, 3.63) is 17.5 Å². The van der Waals surface area contributed by atoms with E-state index >= 15 is 0 Å². The van der Waals surface area contributed by atoms with E-state index in [1.807, 2.05) is 4.68 Å². The van der Waals surface area contributed by atoms with Crippen LogP contribution in [0.25, 0.3) is 0 Å². The molecule has 0 spiro atoms. The summed E-state index contributed by atoms with van der Waals surface area (Å²) in [7, 11) is 0. The van der Waals surface area contributed by atoms with Crippen LogP contribution in [0.4, 0.5) is 0 Å². The van der Waals surface area contributed by atoms with Crippen LogP contribution in [0, 0.1) is 0 Å². The normalized spacial score (nSPS) is 16.5. The maximum absolute atomic E-state index is 11.4. The number of aromatic nitrogens is 2. The van der Waals surface area contributed by atoms with E-state index < -0.39 is 0 Å². The quantitative estimate of drug-likeness (QED) is 0.736. The van der Waals surface area contributed by atoms with Crippen LogP contribution < -0.4 is 11.1 Å². The van der Waals surface area contributed by atoms with Crippen molar-refractivity contribution in [1.29, 1.82) is 0 Å². The predicted molar refractivity (Wildman–Crippen MR) is 74.7 cm³/mol. The fraction of sp³-hybridized carbons (Fsp3) is 0.714. The van der Waals surface area contributed by atoms with E-state index in [1.54, 1.807) is 0 Å². The highest BCUT2D eigenvalue weighted by Gasteiger charge is 2.27. The standard InChI is InChI=1S/C14H24N4O/c1-3-10-9-12(4-2)18(17-10)8-7-13(14(15)19)16-11-5-6-11/h9,11,13,16H,3-8H2,1-2H3,(H2,15,19). The number of nitrogens with zero attached hydrogens (tertiary/aromatic N) is 2. The molecule has 0 aromatic carbocycles. The van der Waals surface area contributed by atoms with Gasteiger partial charge in [-0.25, -0.2) is 0 Å². The predicted octanol–water partition coefficient (Wildman–Crippen LogP) is 1.00. The lowest BCUT2D eigenvalue weighted by molar-refractivity contribution is -0.120. The molecular weight excluding hydrogens is 240 g/mol. The third-order valence-electron chi connectivity index (χ3n) is 3.63. The summed E-state index contributed by atoms with van der Waals surface area (Å²) >= 11 is 0. The van der Waals surface area contributed by atoms with Crippen LogP contribution >= 0.6 is 0 Å². The second-order valence-electron chi connectivity index (χ2n) is 5.24. The first-order valence-electron chi connectivity index (χ1n) is 7.25. The van der Waals surface area contributed by atoms with Crippen molar-refractivity contribution < 1.29 is 4.79 Å². The average Bonchev–Trinajstić information content (AvgIpc) is 3.12. The maximum Gasteiger partial charge on any atom is 0.234 e.